The summed E-state index contributed by atoms with van der Waals surface area (Å²) in [7, 11) is 0. The highest BCUT2D eigenvalue weighted by molar-refractivity contribution is 7.99. The van der Waals surface area contributed by atoms with Crippen molar-refractivity contribution in [2.24, 2.45) is 0 Å². The molecule has 9 nitrogen and oxygen atoms in total. The number of hydrogen-bond donors (Lipinski definition) is 1. The van der Waals surface area contributed by atoms with Crippen LogP contribution in [0.25, 0.3) is 11.4 Å². The summed E-state index contributed by atoms with van der Waals surface area (Å²) >= 11 is 2.67. The van der Waals surface area contributed by atoms with Crippen molar-refractivity contribution in [3.63, 3.8) is 0 Å². The van der Waals surface area contributed by atoms with Crippen molar-refractivity contribution in [2.45, 2.75) is 58.3 Å². The van der Waals surface area contributed by atoms with Gasteiger partial charge in [0.15, 0.2) is 11.0 Å². The maximum Gasteiger partial charge on any atom is 0.341 e. The number of ether oxygens (including phenoxy) is 2. The van der Waals surface area contributed by atoms with Gasteiger partial charge in [0.05, 0.1) is 42.4 Å². The molecule has 1 fully saturated rings. The molecular formula is C23H28N4O5S2. The van der Waals surface area contributed by atoms with Crippen molar-refractivity contribution in [3.8, 4) is 11.4 Å². The summed E-state index contributed by atoms with van der Waals surface area (Å²) in [6.45, 7) is 9.04. The molecule has 3 aromatic rings. The molecule has 4 heterocycles. The van der Waals surface area contributed by atoms with Crippen LogP contribution in [0.3, 0.4) is 0 Å². The number of aryl methyl sites for hydroxylation is 2. The largest absolute Gasteiger partial charge is 0.469 e. The minimum absolute atomic E-state index is 0.0827. The van der Waals surface area contributed by atoms with Gasteiger partial charge in [0, 0.05) is 11.5 Å². The van der Waals surface area contributed by atoms with Crippen molar-refractivity contribution < 1.29 is 23.5 Å². The summed E-state index contributed by atoms with van der Waals surface area (Å²) in [5, 5.41) is 12.7. The standard InChI is InChI=1S/C23H28N4O5S2/c1-5-30-22(29)19-13(2)15(4)34-21(19)24-18(28)12-33-23-26-25-20(17-8-10-31-14(17)3)27(23)11-16-7-6-9-32-16/h8,10,16H,5-7,9,11-12H2,1-4H3,(H,24,28). The van der Waals surface area contributed by atoms with Crippen molar-refractivity contribution in [1.82, 2.24) is 14.8 Å². The number of aromatic nitrogens is 3. The Balaban J connectivity index is 1.50. The fraction of sp³-hybridized carbons (Fsp3) is 0.478. The third-order valence-corrected chi connectivity index (χ3v) is 7.77. The summed E-state index contributed by atoms with van der Waals surface area (Å²) in [6, 6.07) is 1.87. The van der Waals surface area contributed by atoms with Gasteiger partial charge in [-0.15, -0.1) is 21.5 Å². The van der Waals surface area contributed by atoms with Crippen LogP contribution in [0.5, 0.6) is 0 Å². The Hall–Kier alpha value is -2.63. The summed E-state index contributed by atoms with van der Waals surface area (Å²) in [4.78, 5) is 26.2. The lowest BCUT2D eigenvalue weighted by Gasteiger charge is -2.14. The second-order valence-corrected chi connectivity index (χ2v) is 10.2. The van der Waals surface area contributed by atoms with Gasteiger partial charge in [0.25, 0.3) is 0 Å². The minimum Gasteiger partial charge on any atom is -0.469 e. The number of rotatable bonds is 9. The maximum atomic E-state index is 12.8. The zero-order valence-electron chi connectivity index (χ0n) is 19.7. The van der Waals surface area contributed by atoms with E-state index in [4.69, 9.17) is 13.9 Å². The van der Waals surface area contributed by atoms with Crippen molar-refractivity contribution in [1.29, 1.82) is 0 Å². The van der Waals surface area contributed by atoms with Crippen LogP contribution in [0.4, 0.5) is 5.00 Å². The quantitative estimate of drug-likeness (QED) is 0.332. The van der Waals surface area contributed by atoms with E-state index in [1.165, 1.54) is 23.1 Å². The van der Waals surface area contributed by atoms with E-state index in [1.807, 2.05) is 31.4 Å². The van der Waals surface area contributed by atoms with Gasteiger partial charge in [-0.25, -0.2) is 4.79 Å². The number of carbonyl (C=O) groups is 2. The minimum atomic E-state index is -0.427. The molecule has 1 unspecified atom stereocenters. The van der Waals surface area contributed by atoms with E-state index in [9.17, 15) is 9.59 Å². The normalized spacial score (nSPS) is 15.6. The van der Waals surface area contributed by atoms with Gasteiger partial charge < -0.3 is 19.2 Å². The molecule has 0 radical (unpaired) electrons. The molecule has 182 valence electrons. The van der Waals surface area contributed by atoms with Crippen LogP contribution in [0.1, 0.15) is 46.3 Å². The highest BCUT2D eigenvalue weighted by Crippen LogP contribution is 2.34. The second-order valence-electron chi connectivity index (χ2n) is 7.99. The zero-order chi connectivity index (χ0) is 24.2. The van der Waals surface area contributed by atoms with E-state index in [0.29, 0.717) is 28.1 Å². The van der Waals surface area contributed by atoms with Crippen molar-refractivity contribution in [3.05, 3.63) is 34.1 Å². The van der Waals surface area contributed by atoms with Gasteiger partial charge in [0.2, 0.25) is 5.91 Å². The Labute approximate surface area is 206 Å². The molecule has 4 rings (SSSR count). The lowest BCUT2D eigenvalue weighted by molar-refractivity contribution is -0.113. The predicted octanol–water partition coefficient (Wildman–Crippen LogP) is 4.61. The first-order chi connectivity index (χ1) is 16.4. The van der Waals surface area contributed by atoms with Crippen LogP contribution < -0.4 is 5.32 Å². The average molecular weight is 505 g/mol. The number of esters is 1. The number of hydrogen-bond acceptors (Lipinski definition) is 9. The fourth-order valence-electron chi connectivity index (χ4n) is 3.83. The molecule has 0 bridgehead atoms. The van der Waals surface area contributed by atoms with Crippen LogP contribution in [-0.2, 0) is 20.8 Å². The Morgan fingerprint density at radius 3 is 2.82 bits per heavy atom. The predicted molar refractivity (Wildman–Crippen MR) is 131 cm³/mol. The van der Waals surface area contributed by atoms with Gasteiger partial charge in [-0.2, -0.15) is 0 Å². The number of anilines is 1. The van der Waals surface area contributed by atoms with E-state index in [0.717, 1.165) is 41.2 Å². The number of nitrogens with one attached hydrogen (secondary N) is 1. The van der Waals surface area contributed by atoms with Crippen LogP contribution in [-0.4, -0.2) is 51.7 Å². The average Bonchev–Trinajstić information content (AvgIpc) is 3.58. The highest BCUT2D eigenvalue weighted by Gasteiger charge is 2.25. The number of carbonyl (C=O) groups excluding carboxylic acids is 2. The molecule has 1 amide bonds. The van der Waals surface area contributed by atoms with Crippen molar-refractivity contribution >= 4 is 40.0 Å². The van der Waals surface area contributed by atoms with E-state index in [1.54, 1.807) is 13.2 Å². The summed E-state index contributed by atoms with van der Waals surface area (Å²) < 4.78 is 18.4. The van der Waals surface area contributed by atoms with Gasteiger partial charge in [-0.05, 0) is 52.2 Å². The molecule has 3 aromatic heterocycles. The number of amides is 1. The smallest absolute Gasteiger partial charge is 0.341 e. The molecule has 11 heteroatoms. The number of furan rings is 1. The van der Waals surface area contributed by atoms with Gasteiger partial charge in [-0.3, -0.25) is 9.36 Å². The number of thiophene rings is 1. The third kappa shape index (κ3) is 5.21. The highest BCUT2D eigenvalue weighted by atomic mass is 32.2. The number of nitrogens with zero attached hydrogens (tertiary/aromatic N) is 3. The lowest BCUT2D eigenvalue weighted by atomic mass is 10.1. The van der Waals surface area contributed by atoms with E-state index in [-0.39, 0.29) is 24.4 Å². The molecule has 1 atom stereocenters. The van der Waals surface area contributed by atoms with E-state index < -0.39 is 5.97 Å². The molecule has 34 heavy (non-hydrogen) atoms. The molecule has 1 N–H and O–H groups in total. The molecule has 1 saturated heterocycles. The van der Waals surface area contributed by atoms with Crippen LogP contribution >= 0.6 is 23.1 Å². The maximum absolute atomic E-state index is 12.8. The topological polar surface area (TPSA) is 108 Å². The Bertz CT molecular complexity index is 1180. The van der Waals surface area contributed by atoms with Crippen LogP contribution in [0.15, 0.2) is 21.9 Å². The summed E-state index contributed by atoms with van der Waals surface area (Å²) in [6.07, 6.45) is 3.71. The SMILES string of the molecule is CCOC(=O)c1c(NC(=O)CSc2nnc(-c3ccoc3C)n2CC2CCCO2)sc(C)c1C. The summed E-state index contributed by atoms with van der Waals surface area (Å²) in [5.74, 6) is 0.906. The first-order valence-electron chi connectivity index (χ1n) is 11.2. The molecule has 0 saturated carbocycles. The lowest BCUT2D eigenvalue weighted by Crippen LogP contribution is -2.19. The van der Waals surface area contributed by atoms with E-state index in [2.05, 4.69) is 15.5 Å². The second kappa shape index (κ2) is 10.7. The zero-order valence-corrected chi connectivity index (χ0v) is 21.3. The molecular weight excluding hydrogens is 476 g/mol. The van der Waals surface area contributed by atoms with Crippen LogP contribution in [0, 0.1) is 20.8 Å². The van der Waals surface area contributed by atoms with Gasteiger partial charge in [-0.1, -0.05) is 11.8 Å². The molecule has 0 spiro atoms. The van der Waals surface area contributed by atoms with Crippen molar-refractivity contribution in [2.75, 3.05) is 24.3 Å². The van der Waals surface area contributed by atoms with Gasteiger partial charge in [0.1, 0.15) is 10.8 Å². The monoisotopic (exact) mass is 504 g/mol. The third-order valence-electron chi connectivity index (χ3n) is 5.68. The van der Waals surface area contributed by atoms with E-state index >= 15 is 0 Å². The Morgan fingerprint density at radius 1 is 1.32 bits per heavy atom. The summed E-state index contributed by atoms with van der Waals surface area (Å²) in [5.41, 5.74) is 2.11. The Kier molecular flexibility index (Phi) is 7.74. The first-order valence-corrected chi connectivity index (χ1v) is 13.0. The molecule has 1 aliphatic heterocycles. The van der Waals surface area contributed by atoms with Gasteiger partial charge >= 0.3 is 5.97 Å². The molecule has 0 aliphatic carbocycles. The Morgan fingerprint density at radius 2 is 2.15 bits per heavy atom. The number of thioether (sulfide) groups is 1. The first kappa shape index (κ1) is 24.5. The fourth-order valence-corrected chi connectivity index (χ4v) is 5.64. The molecule has 0 aromatic carbocycles. The van der Waals surface area contributed by atoms with Crippen LogP contribution in [0.2, 0.25) is 0 Å². The molecule has 1 aliphatic rings.